The van der Waals surface area contributed by atoms with E-state index >= 15 is 0 Å². The van der Waals surface area contributed by atoms with Gasteiger partial charge in [0.1, 0.15) is 0 Å². The van der Waals surface area contributed by atoms with E-state index < -0.39 is 0 Å². The number of hydrogen-bond acceptors (Lipinski definition) is 4. The molecule has 15 heavy (non-hydrogen) atoms. The third-order valence-corrected chi connectivity index (χ3v) is 3.06. The Morgan fingerprint density at radius 2 is 2.40 bits per heavy atom. The first-order chi connectivity index (χ1) is 7.28. The fourth-order valence-corrected chi connectivity index (χ4v) is 2.02. The number of aromatic nitrogens is 2. The van der Waals surface area contributed by atoms with Gasteiger partial charge in [-0.25, -0.2) is 0 Å². The van der Waals surface area contributed by atoms with Crippen molar-refractivity contribution in [3.8, 4) is 5.06 Å². The second-order valence-electron chi connectivity index (χ2n) is 3.18. The average molecular weight is 223 g/mol. The van der Waals surface area contributed by atoms with Gasteiger partial charge in [0.25, 0.3) is 0 Å². The van der Waals surface area contributed by atoms with E-state index in [0.29, 0.717) is 0 Å². The highest BCUT2D eigenvalue weighted by atomic mass is 32.1. The predicted octanol–water partition coefficient (Wildman–Crippen LogP) is 2.10. The molecule has 0 aromatic carbocycles. The number of nitrogens with zero attached hydrogens (tertiary/aromatic N) is 2. The van der Waals surface area contributed by atoms with Crippen molar-refractivity contribution in [2.24, 2.45) is 7.05 Å². The second kappa shape index (κ2) is 4.35. The molecule has 0 bridgehead atoms. The van der Waals surface area contributed by atoms with Crippen molar-refractivity contribution in [3.05, 3.63) is 29.4 Å². The maximum Gasteiger partial charge on any atom is 0.173 e. The molecule has 0 spiro atoms. The summed E-state index contributed by atoms with van der Waals surface area (Å²) in [5, 5.41) is 8.32. The molecule has 0 aliphatic carbocycles. The van der Waals surface area contributed by atoms with Crippen LogP contribution in [0.4, 0.5) is 5.69 Å². The summed E-state index contributed by atoms with van der Waals surface area (Å²) >= 11 is 1.65. The fourth-order valence-electron chi connectivity index (χ4n) is 1.26. The van der Waals surface area contributed by atoms with E-state index in [1.165, 1.54) is 4.88 Å². The minimum Gasteiger partial charge on any atom is -0.487 e. The lowest BCUT2D eigenvalue weighted by molar-refractivity contribution is 0.427. The highest BCUT2D eigenvalue weighted by Crippen LogP contribution is 2.24. The first-order valence-corrected chi connectivity index (χ1v) is 5.45. The van der Waals surface area contributed by atoms with Gasteiger partial charge < -0.3 is 10.1 Å². The van der Waals surface area contributed by atoms with Crippen LogP contribution in [0.1, 0.15) is 4.88 Å². The van der Waals surface area contributed by atoms with Crippen LogP contribution in [0.3, 0.4) is 0 Å². The molecule has 0 saturated carbocycles. The smallest absolute Gasteiger partial charge is 0.173 e. The molecule has 5 heteroatoms. The average Bonchev–Trinajstić information content (AvgIpc) is 2.83. The molecule has 0 aliphatic rings. The molecule has 0 atom stereocenters. The summed E-state index contributed by atoms with van der Waals surface area (Å²) in [4.78, 5) is 1.25. The van der Waals surface area contributed by atoms with Crippen molar-refractivity contribution in [1.29, 1.82) is 0 Å². The van der Waals surface area contributed by atoms with Gasteiger partial charge in [-0.3, -0.25) is 4.68 Å². The molecule has 0 radical (unpaired) electrons. The van der Waals surface area contributed by atoms with Gasteiger partial charge in [-0.15, -0.1) is 11.3 Å². The fraction of sp³-hybridized carbons (Fsp3) is 0.300. The quantitative estimate of drug-likeness (QED) is 0.862. The molecule has 80 valence electrons. The lowest BCUT2D eigenvalue weighted by atomic mass is 10.4. The topological polar surface area (TPSA) is 39.1 Å². The summed E-state index contributed by atoms with van der Waals surface area (Å²) in [5.41, 5.74) is 1.03. The first-order valence-electron chi connectivity index (χ1n) is 4.63. The Bertz CT molecular complexity index is 435. The number of aryl methyl sites for hydroxylation is 1. The van der Waals surface area contributed by atoms with Crippen molar-refractivity contribution in [2.75, 3.05) is 12.4 Å². The number of ether oxygens (including phenoxy) is 1. The van der Waals surface area contributed by atoms with Crippen LogP contribution >= 0.6 is 11.3 Å². The molecule has 1 N–H and O–H groups in total. The van der Waals surface area contributed by atoms with E-state index in [1.54, 1.807) is 23.1 Å². The van der Waals surface area contributed by atoms with Crippen molar-refractivity contribution in [2.45, 2.75) is 6.54 Å². The maximum atomic E-state index is 5.13. The molecule has 2 aromatic heterocycles. The normalized spacial score (nSPS) is 10.3. The van der Waals surface area contributed by atoms with Crippen molar-refractivity contribution < 1.29 is 4.74 Å². The largest absolute Gasteiger partial charge is 0.487 e. The third kappa shape index (κ3) is 2.50. The van der Waals surface area contributed by atoms with Crippen LogP contribution in [-0.2, 0) is 13.6 Å². The molecule has 2 aromatic rings. The monoisotopic (exact) mass is 223 g/mol. The highest BCUT2D eigenvalue weighted by molar-refractivity contribution is 7.13. The van der Waals surface area contributed by atoms with Gasteiger partial charge in [0.15, 0.2) is 5.06 Å². The molecule has 4 nitrogen and oxygen atoms in total. The van der Waals surface area contributed by atoms with Crippen LogP contribution in [0.15, 0.2) is 24.5 Å². The zero-order valence-electron chi connectivity index (χ0n) is 8.73. The number of rotatable bonds is 4. The Kier molecular flexibility index (Phi) is 2.91. The zero-order chi connectivity index (χ0) is 10.7. The summed E-state index contributed by atoms with van der Waals surface area (Å²) < 4.78 is 6.90. The van der Waals surface area contributed by atoms with E-state index in [1.807, 2.05) is 25.5 Å². The van der Waals surface area contributed by atoms with Crippen LogP contribution in [0.2, 0.25) is 0 Å². The van der Waals surface area contributed by atoms with E-state index in [4.69, 9.17) is 4.74 Å². The standard InChI is InChI=1S/C10H13N3OS/c1-13-7-8(5-12-13)11-6-9-3-4-10(14-2)15-9/h3-5,7,11H,6H2,1-2H3. The Morgan fingerprint density at radius 1 is 1.53 bits per heavy atom. The minimum absolute atomic E-state index is 0.805. The lowest BCUT2D eigenvalue weighted by Crippen LogP contribution is -1.95. The molecule has 0 aliphatic heterocycles. The molecule has 0 fully saturated rings. The Morgan fingerprint density at radius 3 is 3.00 bits per heavy atom. The van der Waals surface area contributed by atoms with Gasteiger partial charge in [0, 0.05) is 24.7 Å². The van der Waals surface area contributed by atoms with Gasteiger partial charge in [0.2, 0.25) is 0 Å². The maximum absolute atomic E-state index is 5.13. The predicted molar refractivity (Wildman–Crippen MR) is 61.4 cm³/mol. The van der Waals surface area contributed by atoms with E-state index in [2.05, 4.69) is 16.5 Å². The van der Waals surface area contributed by atoms with Gasteiger partial charge in [-0.2, -0.15) is 5.10 Å². The highest BCUT2D eigenvalue weighted by Gasteiger charge is 2.00. The lowest BCUT2D eigenvalue weighted by Gasteiger charge is -1.99. The van der Waals surface area contributed by atoms with Gasteiger partial charge in [0.05, 0.1) is 19.0 Å². The van der Waals surface area contributed by atoms with Crippen molar-refractivity contribution in [3.63, 3.8) is 0 Å². The van der Waals surface area contributed by atoms with Crippen molar-refractivity contribution >= 4 is 17.0 Å². The Balaban J connectivity index is 1.93. The number of hydrogen-bond donors (Lipinski definition) is 1. The van der Waals surface area contributed by atoms with Crippen LogP contribution < -0.4 is 10.1 Å². The molecule has 0 saturated heterocycles. The van der Waals surface area contributed by atoms with Crippen LogP contribution in [-0.4, -0.2) is 16.9 Å². The SMILES string of the molecule is COc1ccc(CNc2cnn(C)c2)s1. The molecule has 0 amide bonds. The van der Waals surface area contributed by atoms with Crippen LogP contribution in [0, 0.1) is 0 Å². The molecule has 2 rings (SSSR count). The van der Waals surface area contributed by atoms with E-state index in [9.17, 15) is 0 Å². The minimum atomic E-state index is 0.805. The van der Waals surface area contributed by atoms with E-state index in [0.717, 1.165) is 17.3 Å². The van der Waals surface area contributed by atoms with Gasteiger partial charge >= 0.3 is 0 Å². The molecule has 0 unspecified atom stereocenters. The summed E-state index contributed by atoms with van der Waals surface area (Å²) in [6, 6.07) is 4.04. The van der Waals surface area contributed by atoms with Gasteiger partial charge in [-0.05, 0) is 12.1 Å². The summed E-state index contributed by atoms with van der Waals surface area (Å²) in [6.45, 7) is 0.805. The first kappa shape index (κ1) is 10.0. The summed E-state index contributed by atoms with van der Waals surface area (Å²) in [7, 11) is 3.59. The van der Waals surface area contributed by atoms with Crippen LogP contribution in [0.25, 0.3) is 0 Å². The Hall–Kier alpha value is -1.49. The number of anilines is 1. The summed E-state index contributed by atoms with van der Waals surface area (Å²) in [5.74, 6) is 0. The molecule has 2 heterocycles. The number of thiophene rings is 1. The zero-order valence-corrected chi connectivity index (χ0v) is 9.54. The van der Waals surface area contributed by atoms with Gasteiger partial charge in [-0.1, -0.05) is 0 Å². The molecular formula is C10H13N3OS. The molecular weight excluding hydrogens is 210 g/mol. The number of methoxy groups -OCH3 is 1. The summed E-state index contributed by atoms with van der Waals surface area (Å²) in [6.07, 6.45) is 3.76. The number of nitrogens with one attached hydrogen (secondary N) is 1. The van der Waals surface area contributed by atoms with Crippen molar-refractivity contribution in [1.82, 2.24) is 9.78 Å². The van der Waals surface area contributed by atoms with E-state index in [-0.39, 0.29) is 0 Å². The third-order valence-electron chi connectivity index (χ3n) is 2.01. The Labute approximate surface area is 92.5 Å². The second-order valence-corrected chi connectivity index (χ2v) is 4.31. The van der Waals surface area contributed by atoms with Crippen LogP contribution in [0.5, 0.6) is 5.06 Å².